The number of benzene rings is 2. The van der Waals surface area contributed by atoms with Gasteiger partial charge in [0, 0.05) is 22.8 Å². The first kappa shape index (κ1) is 22.1. The second-order valence-electron chi connectivity index (χ2n) is 8.29. The summed E-state index contributed by atoms with van der Waals surface area (Å²) in [4.78, 5) is 27.6. The molecule has 2 aliphatic heterocycles. The van der Waals surface area contributed by atoms with E-state index < -0.39 is 23.1 Å². The molecule has 3 heterocycles. The summed E-state index contributed by atoms with van der Waals surface area (Å²) in [7, 11) is 0. The summed E-state index contributed by atoms with van der Waals surface area (Å²) in [5.41, 5.74) is 1.15. The fraction of sp³-hybridized carbons (Fsp3) is 0.231. The monoisotopic (exact) mass is 477 g/mol. The van der Waals surface area contributed by atoms with E-state index in [1.807, 2.05) is 60.5 Å². The topological polar surface area (TPSA) is 75.0 Å². The number of nitrogens with zero attached hydrogens (tertiary/aromatic N) is 3. The molecule has 2 aromatic carbocycles. The van der Waals surface area contributed by atoms with Crippen molar-refractivity contribution < 1.29 is 14.6 Å². The molecular formula is C26H24ClN3O4. The summed E-state index contributed by atoms with van der Waals surface area (Å²) in [5.74, 6) is -0.335. The van der Waals surface area contributed by atoms with Gasteiger partial charge in [-0.2, -0.15) is 0 Å². The Kier molecular flexibility index (Phi) is 5.79. The summed E-state index contributed by atoms with van der Waals surface area (Å²) < 4.78 is 7.72. The Morgan fingerprint density at radius 3 is 2.68 bits per heavy atom. The van der Waals surface area contributed by atoms with Crippen molar-refractivity contribution in [2.45, 2.75) is 25.4 Å². The standard InChI is InChI=1S/C26H24ClN3O4/c1-2-19-9-6-14-34-22-15-18(27)10-11-20(22)23(17-7-4-3-5-8-17)30-16-28(19)26(33)24-25(32)21(31)12-13-29(24)30/h3-13,15,19,23,32H,2,14,16H2,1H3/b9-6+/t19-,23+/m0/s1. The first-order chi connectivity index (χ1) is 16.5. The van der Waals surface area contributed by atoms with Crippen LogP contribution in [0.3, 0.4) is 0 Å². The largest absolute Gasteiger partial charge is 0.502 e. The predicted octanol–water partition coefficient (Wildman–Crippen LogP) is 4.08. The van der Waals surface area contributed by atoms with E-state index in [-0.39, 0.29) is 18.4 Å². The van der Waals surface area contributed by atoms with Crippen LogP contribution in [-0.2, 0) is 0 Å². The number of hydrogen-bond donors (Lipinski definition) is 1. The molecule has 5 rings (SSSR count). The van der Waals surface area contributed by atoms with Crippen molar-refractivity contribution in [1.82, 2.24) is 9.58 Å². The molecule has 0 spiro atoms. The van der Waals surface area contributed by atoms with Crippen LogP contribution in [-0.4, -0.2) is 39.9 Å². The van der Waals surface area contributed by atoms with Gasteiger partial charge in [0.15, 0.2) is 11.4 Å². The Bertz CT molecular complexity index is 1320. The van der Waals surface area contributed by atoms with Crippen LogP contribution >= 0.6 is 11.6 Å². The molecule has 0 radical (unpaired) electrons. The summed E-state index contributed by atoms with van der Waals surface area (Å²) in [6.07, 6.45) is 6.00. The van der Waals surface area contributed by atoms with E-state index in [1.54, 1.807) is 21.7 Å². The second kappa shape index (κ2) is 8.91. The maximum absolute atomic E-state index is 13.5. The third-order valence-electron chi connectivity index (χ3n) is 6.29. The lowest BCUT2D eigenvalue weighted by Gasteiger charge is -2.45. The highest BCUT2D eigenvalue weighted by molar-refractivity contribution is 6.30. The number of rotatable bonds is 2. The first-order valence-corrected chi connectivity index (χ1v) is 11.5. The van der Waals surface area contributed by atoms with Gasteiger partial charge in [-0.15, -0.1) is 0 Å². The SMILES string of the molecule is CC[C@H]1/C=C/COc2cc(Cl)ccc2[C@@H](c2ccccc2)N2CN1C(=O)c1c(O)c(=O)ccn12. The number of fused-ring (bicyclic) bond motifs is 5. The zero-order valence-electron chi connectivity index (χ0n) is 18.6. The third-order valence-corrected chi connectivity index (χ3v) is 6.52. The molecular weight excluding hydrogens is 454 g/mol. The van der Waals surface area contributed by atoms with Crippen LogP contribution < -0.4 is 15.2 Å². The van der Waals surface area contributed by atoms with Gasteiger partial charge in [0.05, 0.1) is 6.04 Å². The van der Waals surface area contributed by atoms with Crippen molar-refractivity contribution in [3.8, 4) is 11.5 Å². The number of pyridine rings is 1. The average molecular weight is 478 g/mol. The minimum absolute atomic E-state index is 0.0535. The molecule has 0 saturated heterocycles. The highest BCUT2D eigenvalue weighted by atomic mass is 35.5. The molecule has 2 bridgehead atoms. The number of aromatic hydroxyl groups is 1. The zero-order valence-corrected chi connectivity index (χ0v) is 19.4. The van der Waals surface area contributed by atoms with Gasteiger partial charge in [0.1, 0.15) is 25.1 Å². The average Bonchev–Trinajstić information content (AvgIpc) is 2.87. The molecule has 34 heavy (non-hydrogen) atoms. The molecule has 0 fully saturated rings. The number of amides is 1. The van der Waals surface area contributed by atoms with E-state index in [4.69, 9.17) is 16.3 Å². The van der Waals surface area contributed by atoms with E-state index in [9.17, 15) is 14.7 Å². The molecule has 174 valence electrons. The maximum Gasteiger partial charge on any atom is 0.278 e. The van der Waals surface area contributed by atoms with Crippen LogP contribution in [0.4, 0.5) is 0 Å². The van der Waals surface area contributed by atoms with Gasteiger partial charge in [0.25, 0.3) is 5.91 Å². The predicted molar refractivity (Wildman–Crippen MR) is 130 cm³/mol. The molecule has 2 atom stereocenters. The van der Waals surface area contributed by atoms with Crippen molar-refractivity contribution in [2.24, 2.45) is 0 Å². The second-order valence-corrected chi connectivity index (χ2v) is 8.72. The highest BCUT2D eigenvalue weighted by Gasteiger charge is 2.39. The van der Waals surface area contributed by atoms with Crippen LogP contribution in [0.15, 0.2) is 77.7 Å². The Balaban J connectivity index is 1.82. The van der Waals surface area contributed by atoms with E-state index in [0.717, 1.165) is 11.1 Å². The fourth-order valence-corrected chi connectivity index (χ4v) is 4.80. The van der Waals surface area contributed by atoms with Crippen LogP contribution in [0.25, 0.3) is 0 Å². The van der Waals surface area contributed by atoms with E-state index in [1.165, 1.54) is 12.3 Å². The summed E-state index contributed by atoms with van der Waals surface area (Å²) >= 11 is 6.32. The van der Waals surface area contributed by atoms with Crippen LogP contribution in [0.2, 0.25) is 5.02 Å². The van der Waals surface area contributed by atoms with Gasteiger partial charge >= 0.3 is 0 Å². The molecule has 0 unspecified atom stereocenters. The zero-order chi connectivity index (χ0) is 23.8. The van der Waals surface area contributed by atoms with E-state index >= 15 is 0 Å². The number of carbonyl (C=O) groups is 1. The fourth-order valence-electron chi connectivity index (χ4n) is 4.63. The Hall–Kier alpha value is -3.71. The molecule has 8 heteroatoms. The molecule has 0 aliphatic carbocycles. The molecule has 0 saturated carbocycles. The molecule has 7 nitrogen and oxygen atoms in total. The summed E-state index contributed by atoms with van der Waals surface area (Å²) in [6.45, 7) is 2.53. The Morgan fingerprint density at radius 2 is 1.91 bits per heavy atom. The normalized spacial score (nSPS) is 20.6. The van der Waals surface area contributed by atoms with Gasteiger partial charge in [-0.05, 0) is 30.2 Å². The quantitative estimate of drug-likeness (QED) is 0.563. The van der Waals surface area contributed by atoms with Crippen molar-refractivity contribution >= 4 is 17.5 Å². The van der Waals surface area contributed by atoms with Gasteiger partial charge in [-0.1, -0.05) is 61.0 Å². The molecule has 2 aliphatic rings. The molecule has 1 aromatic heterocycles. The van der Waals surface area contributed by atoms with Crippen molar-refractivity contribution in [3.05, 3.63) is 105 Å². The van der Waals surface area contributed by atoms with E-state index in [0.29, 0.717) is 23.8 Å². The number of ether oxygens (including phenoxy) is 1. The molecule has 3 aromatic rings. The van der Waals surface area contributed by atoms with Crippen molar-refractivity contribution in [2.75, 3.05) is 18.3 Å². The minimum atomic E-state index is -0.596. The lowest BCUT2D eigenvalue weighted by Crippen LogP contribution is -2.57. The van der Waals surface area contributed by atoms with Gasteiger partial charge < -0.3 is 14.7 Å². The smallest absolute Gasteiger partial charge is 0.278 e. The van der Waals surface area contributed by atoms with Gasteiger partial charge in [-0.3, -0.25) is 19.3 Å². The number of aromatic nitrogens is 1. The number of halogens is 1. The third kappa shape index (κ3) is 3.72. The van der Waals surface area contributed by atoms with Crippen LogP contribution in [0, 0.1) is 0 Å². The molecule has 1 N–H and O–H groups in total. The maximum atomic E-state index is 13.5. The minimum Gasteiger partial charge on any atom is -0.502 e. The van der Waals surface area contributed by atoms with E-state index in [2.05, 4.69) is 0 Å². The number of hydrogen-bond acceptors (Lipinski definition) is 5. The van der Waals surface area contributed by atoms with Crippen LogP contribution in [0.5, 0.6) is 11.5 Å². The van der Waals surface area contributed by atoms with Crippen molar-refractivity contribution in [3.63, 3.8) is 0 Å². The number of carbonyl (C=O) groups excluding carboxylic acids is 1. The van der Waals surface area contributed by atoms with Gasteiger partial charge in [0.2, 0.25) is 5.43 Å². The van der Waals surface area contributed by atoms with Gasteiger partial charge in [-0.25, -0.2) is 0 Å². The lowest BCUT2D eigenvalue weighted by molar-refractivity contribution is 0.0626. The summed E-state index contributed by atoms with van der Waals surface area (Å²) in [5, 5.41) is 13.2. The lowest BCUT2D eigenvalue weighted by atomic mass is 9.97. The highest BCUT2D eigenvalue weighted by Crippen LogP contribution is 2.38. The van der Waals surface area contributed by atoms with Crippen molar-refractivity contribution in [1.29, 1.82) is 0 Å². The first-order valence-electron chi connectivity index (χ1n) is 11.2. The molecule has 1 amide bonds. The Labute approximate surface area is 202 Å². The summed E-state index contributed by atoms with van der Waals surface area (Å²) in [6, 6.07) is 16.0. The Morgan fingerprint density at radius 1 is 1.12 bits per heavy atom. The van der Waals surface area contributed by atoms with Crippen LogP contribution in [0.1, 0.15) is 41.0 Å².